The summed E-state index contributed by atoms with van der Waals surface area (Å²) >= 11 is 1.29. The zero-order valence-corrected chi connectivity index (χ0v) is 11.4. The maximum absolute atomic E-state index is 13.4. The molecule has 5 heteroatoms. The summed E-state index contributed by atoms with van der Waals surface area (Å²) in [5, 5.41) is 3.16. The number of hydrogen-bond donors (Lipinski definition) is 1. The minimum atomic E-state index is -0.562. The van der Waals surface area contributed by atoms with Crippen LogP contribution in [0.5, 0.6) is 0 Å². The molecule has 0 saturated carbocycles. The molecule has 1 N–H and O–H groups in total. The first-order valence-corrected chi connectivity index (χ1v) is 7.03. The Balaban J connectivity index is 1.92. The SMILES string of the molecule is CCNCc1ccc(CSc2ccc(F)cc2F)o1. The third kappa shape index (κ3) is 4.08. The lowest BCUT2D eigenvalue weighted by atomic mass is 10.3. The average Bonchev–Trinajstić information content (AvgIpc) is 2.83. The number of halogens is 2. The van der Waals surface area contributed by atoms with Crippen molar-refractivity contribution >= 4 is 11.8 Å². The second-order valence-electron chi connectivity index (χ2n) is 4.01. The maximum Gasteiger partial charge on any atom is 0.139 e. The van der Waals surface area contributed by atoms with E-state index in [9.17, 15) is 8.78 Å². The zero-order valence-electron chi connectivity index (χ0n) is 10.6. The number of hydrogen-bond acceptors (Lipinski definition) is 3. The van der Waals surface area contributed by atoms with Gasteiger partial charge in [-0.25, -0.2) is 8.78 Å². The molecule has 1 heterocycles. The van der Waals surface area contributed by atoms with Gasteiger partial charge in [-0.1, -0.05) is 6.92 Å². The second-order valence-corrected chi connectivity index (χ2v) is 5.03. The van der Waals surface area contributed by atoms with Gasteiger partial charge in [0.25, 0.3) is 0 Å². The minimum Gasteiger partial charge on any atom is -0.464 e. The smallest absolute Gasteiger partial charge is 0.139 e. The molecule has 0 aliphatic heterocycles. The van der Waals surface area contributed by atoms with Gasteiger partial charge >= 0.3 is 0 Å². The van der Waals surface area contributed by atoms with Crippen LogP contribution in [-0.2, 0) is 12.3 Å². The fourth-order valence-electron chi connectivity index (χ4n) is 1.58. The molecule has 2 rings (SSSR count). The van der Waals surface area contributed by atoms with Gasteiger partial charge in [0.15, 0.2) is 0 Å². The van der Waals surface area contributed by atoms with Crippen LogP contribution in [-0.4, -0.2) is 6.54 Å². The van der Waals surface area contributed by atoms with E-state index in [1.807, 2.05) is 19.1 Å². The monoisotopic (exact) mass is 283 g/mol. The molecule has 0 spiro atoms. The summed E-state index contributed by atoms with van der Waals surface area (Å²) in [6.45, 7) is 3.59. The van der Waals surface area contributed by atoms with E-state index in [0.29, 0.717) is 17.2 Å². The molecule has 102 valence electrons. The van der Waals surface area contributed by atoms with Gasteiger partial charge in [0.05, 0.1) is 12.3 Å². The van der Waals surface area contributed by atoms with Crippen LogP contribution >= 0.6 is 11.8 Å². The number of rotatable bonds is 6. The molecule has 0 amide bonds. The highest BCUT2D eigenvalue weighted by Gasteiger charge is 2.07. The summed E-state index contributed by atoms with van der Waals surface area (Å²) in [4.78, 5) is 0.422. The Morgan fingerprint density at radius 3 is 2.68 bits per heavy atom. The van der Waals surface area contributed by atoms with Crippen molar-refractivity contribution in [2.24, 2.45) is 0 Å². The highest BCUT2D eigenvalue weighted by atomic mass is 32.2. The quantitative estimate of drug-likeness (QED) is 0.812. The molecule has 0 aliphatic rings. The van der Waals surface area contributed by atoms with Crippen molar-refractivity contribution in [1.82, 2.24) is 5.32 Å². The highest BCUT2D eigenvalue weighted by Crippen LogP contribution is 2.26. The largest absolute Gasteiger partial charge is 0.464 e. The Kier molecular flexibility index (Phi) is 4.99. The predicted molar refractivity (Wildman–Crippen MR) is 72.0 cm³/mol. The fraction of sp³-hybridized carbons (Fsp3) is 0.286. The standard InChI is InChI=1S/C14H15F2NOS/c1-2-17-8-11-4-5-12(18-11)9-19-14-6-3-10(15)7-13(14)16/h3-7,17H,2,8-9H2,1H3. The summed E-state index contributed by atoms with van der Waals surface area (Å²) in [6, 6.07) is 7.36. The van der Waals surface area contributed by atoms with Crippen LogP contribution in [0.4, 0.5) is 8.78 Å². The van der Waals surface area contributed by atoms with E-state index in [-0.39, 0.29) is 0 Å². The van der Waals surface area contributed by atoms with Crippen LogP contribution in [0.1, 0.15) is 18.4 Å². The van der Waals surface area contributed by atoms with Crippen molar-refractivity contribution in [2.45, 2.75) is 24.1 Å². The topological polar surface area (TPSA) is 25.2 Å². The van der Waals surface area contributed by atoms with E-state index >= 15 is 0 Å². The molecule has 0 unspecified atom stereocenters. The normalized spacial score (nSPS) is 10.9. The van der Waals surface area contributed by atoms with Crippen LogP contribution in [0.3, 0.4) is 0 Å². The first-order valence-electron chi connectivity index (χ1n) is 6.05. The van der Waals surface area contributed by atoms with Crippen molar-refractivity contribution in [2.75, 3.05) is 6.54 Å². The van der Waals surface area contributed by atoms with Gasteiger partial charge < -0.3 is 9.73 Å². The molecule has 19 heavy (non-hydrogen) atoms. The van der Waals surface area contributed by atoms with Crippen LogP contribution in [0.25, 0.3) is 0 Å². The molecule has 0 aliphatic carbocycles. The highest BCUT2D eigenvalue weighted by molar-refractivity contribution is 7.98. The summed E-state index contributed by atoms with van der Waals surface area (Å²) in [6.07, 6.45) is 0. The van der Waals surface area contributed by atoms with E-state index in [1.165, 1.54) is 23.9 Å². The van der Waals surface area contributed by atoms with Gasteiger partial charge in [-0.15, -0.1) is 11.8 Å². The van der Waals surface area contributed by atoms with Gasteiger partial charge in [0.1, 0.15) is 23.2 Å². The van der Waals surface area contributed by atoms with Crippen molar-refractivity contribution in [3.05, 3.63) is 53.5 Å². The summed E-state index contributed by atoms with van der Waals surface area (Å²) in [7, 11) is 0. The molecule has 0 fully saturated rings. The fourth-order valence-corrected chi connectivity index (χ4v) is 2.40. The number of benzene rings is 1. The Bertz CT molecular complexity index is 542. The summed E-state index contributed by atoms with van der Waals surface area (Å²) in [5.41, 5.74) is 0. The molecule has 0 saturated heterocycles. The molecule has 1 aromatic carbocycles. The van der Waals surface area contributed by atoms with Crippen LogP contribution in [0.2, 0.25) is 0 Å². The lowest BCUT2D eigenvalue weighted by Crippen LogP contribution is -2.10. The van der Waals surface area contributed by atoms with E-state index in [0.717, 1.165) is 24.1 Å². The van der Waals surface area contributed by atoms with E-state index < -0.39 is 11.6 Å². The molecule has 0 bridgehead atoms. The Hall–Kier alpha value is -1.33. The molecular formula is C14H15F2NOS. The molecule has 1 aromatic heterocycles. The molecular weight excluding hydrogens is 268 g/mol. The maximum atomic E-state index is 13.4. The van der Waals surface area contributed by atoms with Crippen molar-refractivity contribution in [3.63, 3.8) is 0 Å². The number of nitrogens with one attached hydrogen (secondary N) is 1. The third-order valence-corrected chi connectivity index (χ3v) is 3.60. The molecule has 0 radical (unpaired) electrons. The Morgan fingerprint density at radius 2 is 1.95 bits per heavy atom. The molecule has 2 nitrogen and oxygen atoms in total. The Labute approximate surface area is 115 Å². The second kappa shape index (κ2) is 6.73. The summed E-state index contributed by atoms with van der Waals surface area (Å²) < 4.78 is 31.8. The molecule has 0 atom stereocenters. The lowest BCUT2D eigenvalue weighted by molar-refractivity contribution is 0.462. The lowest BCUT2D eigenvalue weighted by Gasteiger charge is -2.02. The van der Waals surface area contributed by atoms with Crippen LogP contribution in [0, 0.1) is 11.6 Å². The minimum absolute atomic E-state index is 0.422. The van der Waals surface area contributed by atoms with E-state index in [1.54, 1.807) is 0 Å². The number of thioether (sulfide) groups is 1. The van der Waals surface area contributed by atoms with Gasteiger partial charge in [-0.3, -0.25) is 0 Å². The first-order chi connectivity index (χ1) is 9.19. The van der Waals surface area contributed by atoms with Gasteiger partial charge in [-0.05, 0) is 30.8 Å². The van der Waals surface area contributed by atoms with E-state index in [4.69, 9.17) is 4.42 Å². The van der Waals surface area contributed by atoms with Crippen molar-refractivity contribution in [1.29, 1.82) is 0 Å². The number of furan rings is 1. The van der Waals surface area contributed by atoms with Crippen molar-refractivity contribution < 1.29 is 13.2 Å². The first kappa shape index (κ1) is 14.1. The van der Waals surface area contributed by atoms with Crippen LogP contribution < -0.4 is 5.32 Å². The average molecular weight is 283 g/mol. The van der Waals surface area contributed by atoms with Gasteiger partial charge in [0, 0.05) is 11.0 Å². The predicted octanol–water partition coefficient (Wildman–Crippen LogP) is 3.96. The summed E-state index contributed by atoms with van der Waals surface area (Å²) in [5.74, 6) is 1.06. The van der Waals surface area contributed by atoms with Gasteiger partial charge in [-0.2, -0.15) is 0 Å². The Morgan fingerprint density at radius 1 is 1.16 bits per heavy atom. The van der Waals surface area contributed by atoms with E-state index in [2.05, 4.69) is 5.32 Å². The third-order valence-electron chi connectivity index (χ3n) is 2.53. The zero-order chi connectivity index (χ0) is 13.7. The van der Waals surface area contributed by atoms with Crippen LogP contribution in [0.15, 0.2) is 39.6 Å². The molecule has 2 aromatic rings. The van der Waals surface area contributed by atoms with Gasteiger partial charge in [0.2, 0.25) is 0 Å². The van der Waals surface area contributed by atoms with Crippen molar-refractivity contribution in [3.8, 4) is 0 Å².